The number of thioether (sulfide) groups is 1. The van der Waals surface area contributed by atoms with Crippen molar-refractivity contribution in [1.82, 2.24) is 4.90 Å². The monoisotopic (exact) mass is 362 g/mol. The van der Waals surface area contributed by atoms with Crippen molar-refractivity contribution in [2.45, 2.75) is 4.90 Å². The van der Waals surface area contributed by atoms with Crippen LogP contribution in [0.5, 0.6) is 0 Å². The van der Waals surface area contributed by atoms with Crippen molar-refractivity contribution in [1.29, 1.82) is 0 Å². The average Bonchev–Trinajstić information content (AvgIpc) is 2.55. The number of sulfonamides is 1. The summed E-state index contributed by atoms with van der Waals surface area (Å²) in [6, 6.07) is 15.9. The molecule has 0 aliphatic rings. The standard InChI is InChI=1S/C17H18N2O3S2/c1-19(2)17(20)23-16-11-7-6-10-15(16)18-24(21,22)13-12-14-8-4-3-5-9-14/h3-13,18H,1-2H3. The molecule has 0 unspecified atom stereocenters. The van der Waals surface area contributed by atoms with Gasteiger partial charge in [0, 0.05) is 19.0 Å². The highest BCUT2D eigenvalue weighted by Gasteiger charge is 2.13. The van der Waals surface area contributed by atoms with Gasteiger partial charge in [-0.3, -0.25) is 9.52 Å². The minimum atomic E-state index is -3.68. The smallest absolute Gasteiger partial charge is 0.286 e. The van der Waals surface area contributed by atoms with Crippen molar-refractivity contribution < 1.29 is 13.2 Å². The van der Waals surface area contributed by atoms with Gasteiger partial charge in [-0.15, -0.1) is 0 Å². The highest BCUT2D eigenvalue weighted by Crippen LogP contribution is 2.29. The largest absolute Gasteiger partial charge is 0.339 e. The maximum Gasteiger partial charge on any atom is 0.286 e. The Balaban J connectivity index is 2.18. The van der Waals surface area contributed by atoms with E-state index in [-0.39, 0.29) is 5.24 Å². The molecule has 1 amide bonds. The lowest BCUT2D eigenvalue weighted by molar-refractivity contribution is 0.241. The van der Waals surface area contributed by atoms with E-state index < -0.39 is 10.0 Å². The lowest BCUT2D eigenvalue weighted by Gasteiger charge is -2.12. The lowest BCUT2D eigenvalue weighted by Crippen LogP contribution is -2.16. The van der Waals surface area contributed by atoms with Crippen LogP contribution in [0.4, 0.5) is 10.5 Å². The molecule has 2 aromatic carbocycles. The quantitative estimate of drug-likeness (QED) is 0.820. The van der Waals surface area contributed by atoms with E-state index >= 15 is 0 Å². The number of carbonyl (C=O) groups excluding carboxylic acids is 1. The summed E-state index contributed by atoms with van der Waals surface area (Å²) in [6.45, 7) is 0. The second-order valence-electron chi connectivity index (χ2n) is 5.12. The minimum Gasteiger partial charge on any atom is -0.339 e. The number of carbonyl (C=O) groups is 1. The third-order valence-corrected chi connectivity index (χ3v) is 5.06. The van der Waals surface area contributed by atoms with Gasteiger partial charge in [-0.1, -0.05) is 42.5 Å². The van der Waals surface area contributed by atoms with Crippen LogP contribution in [0.2, 0.25) is 0 Å². The number of anilines is 1. The minimum absolute atomic E-state index is 0.179. The Bertz CT molecular complexity index is 832. The van der Waals surface area contributed by atoms with E-state index in [9.17, 15) is 13.2 Å². The Morgan fingerprint density at radius 3 is 2.33 bits per heavy atom. The van der Waals surface area contributed by atoms with E-state index in [0.717, 1.165) is 22.7 Å². The maximum absolute atomic E-state index is 12.2. The van der Waals surface area contributed by atoms with Gasteiger partial charge in [0.05, 0.1) is 11.1 Å². The summed E-state index contributed by atoms with van der Waals surface area (Å²) in [4.78, 5) is 13.8. The Kier molecular flexibility index (Phi) is 6.05. The van der Waals surface area contributed by atoms with E-state index in [2.05, 4.69) is 4.72 Å². The molecule has 5 nitrogen and oxygen atoms in total. The van der Waals surface area contributed by atoms with Crippen molar-refractivity contribution in [2.24, 2.45) is 0 Å². The molecule has 0 radical (unpaired) electrons. The molecule has 0 aliphatic heterocycles. The van der Waals surface area contributed by atoms with Crippen LogP contribution >= 0.6 is 11.8 Å². The van der Waals surface area contributed by atoms with Crippen LogP contribution in [0.3, 0.4) is 0 Å². The highest BCUT2D eigenvalue weighted by atomic mass is 32.2. The van der Waals surface area contributed by atoms with Gasteiger partial charge in [0.15, 0.2) is 0 Å². The van der Waals surface area contributed by atoms with E-state index in [0.29, 0.717) is 10.6 Å². The zero-order valence-electron chi connectivity index (χ0n) is 13.3. The molecule has 2 rings (SSSR count). The summed E-state index contributed by atoms with van der Waals surface area (Å²) >= 11 is 0.969. The molecule has 126 valence electrons. The molecule has 0 heterocycles. The molecule has 0 atom stereocenters. The third kappa shape index (κ3) is 5.43. The van der Waals surface area contributed by atoms with Gasteiger partial charge in [-0.05, 0) is 35.5 Å². The van der Waals surface area contributed by atoms with Crippen molar-refractivity contribution >= 4 is 38.8 Å². The van der Waals surface area contributed by atoms with Crippen LogP contribution in [0.1, 0.15) is 5.56 Å². The molecule has 0 saturated heterocycles. The summed E-state index contributed by atoms with van der Waals surface area (Å²) in [5, 5.41) is 0.929. The summed E-state index contributed by atoms with van der Waals surface area (Å²) in [5.41, 5.74) is 1.16. The SMILES string of the molecule is CN(C)C(=O)Sc1ccccc1NS(=O)(=O)C=Cc1ccccc1. The molecule has 1 N–H and O–H groups in total. The number of amides is 1. The first-order valence-electron chi connectivity index (χ1n) is 7.11. The van der Waals surface area contributed by atoms with Crippen LogP contribution in [0, 0.1) is 0 Å². The fourth-order valence-electron chi connectivity index (χ4n) is 1.74. The van der Waals surface area contributed by atoms with Gasteiger partial charge in [0.25, 0.3) is 15.3 Å². The zero-order chi connectivity index (χ0) is 17.6. The fourth-order valence-corrected chi connectivity index (χ4v) is 3.44. The summed E-state index contributed by atoms with van der Waals surface area (Å²) < 4.78 is 27.0. The van der Waals surface area contributed by atoms with Crippen molar-refractivity contribution in [3.8, 4) is 0 Å². The van der Waals surface area contributed by atoms with Crippen molar-refractivity contribution in [2.75, 3.05) is 18.8 Å². The fraction of sp³-hybridized carbons (Fsp3) is 0.118. The molecular weight excluding hydrogens is 344 g/mol. The Hall–Kier alpha value is -2.25. The van der Waals surface area contributed by atoms with Crippen LogP contribution in [0.15, 0.2) is 64.9 Å². The van der Waals surface area contributed by atoms with Crippen molar-refractivity contribution in [3.63, 3.8) is 0 Å². The number of para-hydroxylation sites is 1. The second-order valence-corrected chi connectivity index (χ2v) is 7.68. The molecular formula is C17H18N2O3S2. The van der Waals surface area contributed by atoms with Crippen LogP contribution in [-0.4, -0.2) is 32.7 Å². The molecule has 0 spiro atoms. The lowest BCUT2D eigenvalue weighted by atomic mass is 10.2. The van der Waals surface area contributed by atoms with Gasteiger partial charge >= 0.3 is 0 Å². The molecule has 0 aromatic heterocycles. The van der Waals surface area contributed by atoms with Crippen molar-refractivity contribution in [3.05, 3.63) is 65.6 Å². The molecule has 24 heavy (non-hydrogen) atoms. The van der Waals surface area contributed by atoms with E-state index in [1.165, 1.54) is 11.0 Å². The number of hydrogen-bond acceptors (Lipinski definition) is 4. The number of nitrogens with zero attached hydrogens (tertiary/aromatic N) is 1. The van der Waals surface area contributed by atoms with Crippen LogP contribution in [0.25, 0.3) is 6.08 Å². The maximum atomic E-state index is 12.2. The van der Waals surface area contributed by atoms with Gasteiger partial charge < -0.3 is 4.90 Å². The molecule has 0 fully saturated rings. The Morgan fingerprint density at radius 1 is 1.04 bits per heavy atom. The number of rotatable bonds is 5. The van der Waals surface area contributed by atoms with Gasteiger partial charge in [-0.25, -0.2) is 8.42 Å². The molecule has 2 aromatic rings. The Labute approximate surface area is 146 Å². The molecule has 0 saturated carbocycles. The first-order chi connectivity index (χ1) is 11.4. The van der Waals surface area contributed by atoms with E-state index in [1.54, 1.807) is 38.4 Å². The highest BCUT2D eigenvalue weighted by molar-refractivity contribution is 8.13. The molecule has 0 bridgehead atoms. The predicted octanol–water partition coefficient (Wildman–Crippen LogP) is 3.87. The van der Waals surface area contributed by atoms with E-state index in [4.69, 9.17) is 0 Å². The van der Waals surface area contributed by atoms with Crippen LogP contribution < -0.4 is 4.72 Å². The zero-order valence-corrected chi connectivity index (χ0v) is 15.0. The number of hydrogen-bond donors (Lipinski definition) is 1. The average molecular weight is 362 g/mol. The normalized spacial score (nSPS) is 11.4. The topological polar surface area (TPSA) is 66.5 Å². The first kappa shape index (κ1) is 18.1. The van der Waals surface area contributed by atoms with Crippen LogP contribution in [-0.2, 0) is 10.0 Å². The second kappa shape index (κ2) is 8.03. The number of nitrogens with one attached hydrogen (secondary N) is 1. The molecule has 7 heteroatoms. The van der Waals surface area contributed by atoms with E-state index in [1.807, 2.05) is 30.3 Å². The van der Waals surface area contributed by atoms with Gasteiger partial charge in [0.2, 0.25) is 0 Å². The summed E-state index contributed by atoms with van der Waals surface area (Å²) in [5.74, 6) is 0. The third-order valence-electron chi connectivity index (χ3n) is 2.94. The Morgan fingerprint density at radius 2 is 1.67 bits per heavy atom. The number of benzene rings is 2. The molecule has 0 aliphatic carbocycles. The van der Waals surface area contributed by atoms with Gasteiger partial charge in [0.1, 0.15) is 0 Å². The summed E-state index contributed by atoms with van der Waals surface area (Å²) in [7, 11) is -0.393. The first-order valence-corrected chi connectivity index (χ1v) is 9.48. The summed E-state index contributed by atoms with van der Waals surface area (Å²) in [6.07, 6.45) is 1.52. The van der Waals surface area contributed by atoms with Gasteiger partial charge in [-0.2, -0.15) is 0 Å². The predicted molar refractivity (Wildman–Crippen MR) is 99.4 cm³/mol.